The van der Waals surface area contributed by atoms with Crippen molar-refractivity contribution < 1.29 is 38.5 Å². The first-order chi connectivity index (χ1) is 38.8. The van der Waals surface area contributed by atoms with Crippen LogP contribution in [0.1, 0.15) is 100 Å². The fourth-order valence-corrected chi connectivity index (χ4v) is 12.1. The van der Waals surface area contributed by atoms with Gasteiger partial charge in [-0.05, 0) is 97.6 Å². The van der Waals surface area contributed by atoms with Gasteiger partial charge in [0.25, 0.3) is 5.88 Å². The first-order valence-electron chi connectivity index (χ1n) is 27.4. The number of aromatic nitrogens is 6. The predicted molar refractivity (Wildman–Crippen MR) is 302 cm³/mol. The number of rotatable bonds is 18. The quantitative estimate of drug-likeness (QED) is 0.0467. The van der Waals surface area contributed by atoms with Gasteiger partial charge in [0.2, 0.25) is 17.7 Å². The second-order valence-electron chi connectivity index (χ2n) is 21.5. The molecule has 0 radical (unpaired) electrons. The van der Waals surface area contributed by atoms with Crippen LogP contribution in [0.25, 0.3) is 21.7 Å². The predicted octanol–water partition coefficient (Wildman–Crippen LogP) is 8.28. The molecular weight excluding hydrogens is 1030 g/mol. The van der Waals surface area contributed by atoms with Crippen molar-refractivity contribution in [1.29, 1.82) is 0 Å². The molecule has 20 heteroatoms. The van der Waals surface area contributed by atoms with Crippen molar-refractivity contribution in [2.24, 2.45) is 5.92 Å². The van der Waals surface area contributed by atoms with Crippen molar-refractivity contribution in [2.75, 3.05) is 41.8 Å². The normalized spacial score (nSPS) is 21.1. The highest BCUT2D eigenvalue weighted by molar-refractivity contribution is 7.13. The summed E-state index contributed by atoms with van der Waals surface area (Å²) in [4.78, 5) is 48.7. The van der Waals surface area contributed by atoms with Crippen LogP contribution in [0.5, 0.6) is 23.3 Å². The van der Waals surface area contributed by atoms with Crippen LogP contribution in [-0.2, 0) is 9.59 Å². The SMILES string of the molecule is Cc1ncsc1-c1ccc([C@H](C)NC(=O)[C@@H]2C[C@@H](O)CN2C(=O)[C@@H](c2cc(OCCCC#Cc3ccc(OC4CC(Oc5cc(N6C7CC[C@@H]6CN(c6cc(-c8ccccc8O)nnc6N)C7)ccn5)C4)cn3)no2)C(C)C)cc1. The molecular formula is C60H65N11O8S. The monoisotopic (exact) mass is 1100 g/mol. The van der Waals surface area contributed by atoms with E-state index in [0.29, 0.717) is 59.6 Å². The van der Waals surface area contributed by atoms with Gasteiger partial charge in [0.15, 0.2) is 11.6 Å². The largest absolute Gasteiger partial charge is 0.507 e. The average molecular weight is 1100 g/mol. The number of nitrogens with two attached hydrogens (primary N) is 1. The molecule has 2 aromatic carbocycles. The maximum atomic E-state index is 14.2. The minimum Gasteiger partial charge on any atom is -0.507 e. The number of nitrogens with one attached hydrogen (secondary N) is 1. The second-order valence-corrected chi connectivity index (χ2v) is 22.3. The van der Waals surface area contributed by atoms with Crippen LogP contribution in [0.15, 0.2) is 107 Å². The number of anilines is 3. The number of aliphatic hydroxyl groups is 1. The number of fused-ring (bicyclic) bond motifs is 2. The first kappa shape index (κ1) is 53.7. The van der Waals surface area contributed by atoms with Gasteiger partial charge in [-0.15, -0.1) is 21.5 Å². The number of benzene rings is 2. The number of hydrogen-bond acceptors (Lipinski definition) is 18. The van der Waals surface area contributed by atoms with Gasteiger partial charge in [0.1, 0.15) is 41.4 Å². The summed E-state index contributed by atoms with van der Waals surface area (Å²) in [7, 11) is 0. The zero-order chi connectivity index (χ0) is 55.4. The maximum absolute atomic E-state index is 14.2. The summed E-state index contributed by atoms with van der Waals surface area (Å²) >= 11 is 1.58. The number of ether oxygens (including phenoxy) is 3. The number of carbonyl (C=O) groups excluding carboxylic acids is 2. The van der Waals surface area contributed by atoms with Crippen LogP contribution < -0.4 is 35.1 Å². The Balaban J connectivity index is 0.601. The van der Waals surface area contributed by atoms with E-state index in [4.69, 9.17) is 24.5 Å². The Morgan fingerprint density at radius 2 is 1.69 bits per heavy atom. The molecule has 1 saturated carbocycles. The molecule has 414 valence electrons. The number of aromatic hydroxyl groups is 1. The van der Waals surface area contributed by atoms with Crippen molar-refractivity contribution in [3.63, 3.8) is 0 Å². The Labute approximate surface area is 468 Å². The van der Waals surface area contributed by atoms with Gasteiger partial charge in [0.05, 0.1) is 52.4 Å². The van der Waals surface area contributed by atoms with E-state index in [1.165, 1.54) is 4.90 Å². The van der Waals surface area contributed by atoms with E-state index in [-0.39, 0.29) is 72.7 Å². The molecule has 5 aromatic heterocycles. The molecule has 80 heavy (non-hydrogen) atoms. The molecule has 4 fully saturated rings. The van der Waals surface area contributed by atoms with Crippen LogP contribution in [0, 0.1) is 24.7 Å². The molecule has 1 unspecified atom stereocenters. The lowest BCUT2D eigenvalue weighted by Gasteiger charge is -2.43. The fourth-order valence-electron chi connectivity index (χ4n) is 11.3. The minimum absolute atomic E-state index is 0.000966. The molecule has 5 N–H and O–H groups in total. The van der Waals surface area contributed by atoms with E-state index in [1.54, 1.807) is 35.7 Å². The summed E-state index contributed by atoms with van der Waals surface area (Å²) in [5.41, 5.74) is 14.9. The third kappa shape index (κ3) is 11.8. The third-order valence-electron chi connectivity index (χ3n) is 15.5. The Morgan fingerprint density at radius 3 is 2.42 bits per heavy atom. The minimum atomic E-state index is -0.844. The number of hydrogen-bond donors (Lipinski definition) is 4. The molecule has 8 heterocycles. The van der Waals surface area contributed by atoms with Crippen LogP contribution in [0.4, 0.5) is 17.2 Å². The van der Waals surface area contributed by atoms with Crippen molar-refractivity contribution in [2.45, 2.75) is 121 Å². The number of aliphatic hydroxyl groups excluding tert-OH is 1. The number of phenolic OH excluding ortho intramolecular Hbond substituents is 1. The third-order valence-corrected chi connectivity index (χ3v) is 16.5. The van der Waals surface area contributed by atoms with Gasteiger partial charge < -0.3 is 54.7 Å². The number of piperazine rings is 1. The number of unbranched alkanes of at least 4 members (excludes halogenated alkanes) is 1. The highest BCUT2D eigenvalue weighted by Gasteiger charge is 2.44. The number of aryl methyl sites for hydroxylation is 1. The number of nitrogens with zero attached hydrogens (tertiary/aromatic N) is 9. The summed E-state index contributed by atoms with van der Waals surface area (Å²) in [5, 5.41) is 36.8. The smallest absolute Gasteiger partial charge is 0.254 e. The molecule has 3 aliphatic heterocycles. The van der Waals surface area contributed by atoms with Crippen molar-refractivity contribution in [1.82, 2.24) is 40.5 Å². The van der Waals surface area contributed by atoms with Crippen LogP contribution in [0.2, 0.25) is 0 Å². The number of likely N-dealkylation sites (tertiary alicyclic amines) is 1. The molecule has 0 spiro atoms. The number of amides is 2. The standard InChI is InChI=1S/C60H65N11O8S/c1-35(2)56(60(75)70-33-44(72)25-51(70)59(74)65-36(3)38-13-15-39(16-14-38)57-37(4)64-34-80-57)53-29-55(68-79-53)76-23-9-5-6-10-40-17-20-45(30-63-40)77-46-26-47(27-46)78-54-24-41(21-22-62-54)71-42-18-19-43(71)32-69(31-42)50-28-49(66-67-58(50)61)48-11-7-8-12-52(48)73/h7-8,11-17,20-22,24,28-30,34-36,42-44,46-47,51,56,72-73H,5,9,18-19,23,25-27,31-33H2,1-4H3,(H2,61,67)(H,65,74)/t36-,42+,43?,44+,46?,47?,51-,56+/m0/s1. The number of pyridine rings is 2. The van der Waals surface area contributed by atoms with Gasteiger partial charge >= 0.3 is 0 Å². The molecule has 3 saturated heterocycles. The summed E-state index contributed by atoms with van der Waals surface area (Å²) < 4.78 is 24.1. The van der Waals surface area contributed by atoms with Crippen LogP contribution >= 0.6 is 11.3 Å². The van der Waals surface area contributed by atoms with Gasteiger partial charge in [-0.1, -0.05) is 56.2 Å². The van der Waals surface area contributed by atoms with E-state index < -0.39 is 18.1 Å². The summed E-state index contributed by atoms with van der Waals surface area (Å²) in [6, 6.07) is 25.9. The Kier molecular flexibility index (Phi) is 15.8. The highest BCUT2D eigenvalue weighted by Crippen LogP contribution is 2.41. The number of nitrogen functional groups attached to an aromatic ring is 1. The number of phenols is 1. The number of carbonyl (C=O) groups is 2. The topological polar surface area (TPSA) is 241 Å². The van der Waals surface area contributed by atoms with E-state index in [2.05, 4.69) is 63.3 Å². The Morgan fingerprint density at radius 1 is 0.900 bits per heavy atom. The van der Waals surface area contributed by atoms with Crippen molar-refractivity contribution >= 4 is 40.3 Å². The molecule has 2 bridgehead atoms. The second kappa shape index (κ2) is 23.6. The molecule has 11 rings (SSSR count). The average Bonchev–Trinajstić information content (AvgIpc) is 4.27. The molecule has 1 aliphatic carbocycles. The zero-order valence-corrected chi connectivity index (χ0v) is 46.0. The van der Waals surface area contributed by atoms with Gasteiger partial charge in [-0.3, -0.25) is 9.59 Å². The highest BCUT2D eigenvalue weighted by atomic mass is 32.1. The number of thiazole rings is 1. The molecule has 19 nitrogen and oxygen atoms in total. The van der Waals surface area contributed by atoms with Crippen LogP contribution in [0.3, 0.4) is 0 Å². The number of β-amino-alcohol motifs (C(OH)–C–C–N with tert-alkyl or cyclic N) is 1. The lowest BCUT2D eigenvalue weighted by atomic mass is 9.91. The van der Waals surface area contributed by atoms with Gasteiger partial charge in [-0.25, -0.2) is 15.0 Å². The lowest BCUT2D eigenvalue weighted by Crippen LogP contribution is -2.54. The Hall–Kier alpha value is -8.28. The number of para-hydroxylation sites is 1. The van der Waals surface area contributed by atoms with E-state index >= 15 is 0 Å². The fraction of sp³-hybridized carbons (Fsp3) is 0.400. The first-order valence-corrected chi connectivity index (χ1v) is 28.3. The van der Waals surface area contributed by atoms with E-state index in [9.17, 15) is 19.8 Å². The summed E-state index contributed by atoms with van der Waals surface area (Å²) in [6.45, 7) is 9.61. The lowest BCUT2D eigenvalue weighted by molar-refractivity contribution is -0.141. The molecule has 2 amide bonds. The van der Waals surface area contributed by atoms with E-state index in [0.717, 1.165) is 71.8 Å². The van der Waals surface area contributed by atoms with Crippen LogP contribution in [-0.4, -0.2) is 120 Å². The van der Waals surface area contributed by atoms with Gasteiger partial charge in [0, 0.05) is 87.0 Å². The Bertz CT molecular complexity index is 3360. The molecule has 6 atom stereocenters. The maximum Gasteiger partial charge on any atom is 0.254 e. The molecule has 7 aromatic rings. The molecule has 4 aliphatic rings. The van der Waals surface area contributed by atoms with Gasteiger partial charge in [-0.2, -0.15) is 0 Å². The zero-order valence-electron chi connectivity index (χ0n) is 45.1. The summed E-state index contributed by atoms with van der Waals surface area (Å²) in [6.07, 6.45) is 7.53. The van der Waals surface area contributed by atoms with Crippen molar-refractivity contribution in [3.8, 4) is 56.8 Å². The van der Waals surface area contributed by atoms with E-state index in [1.807, 2.05) is 100 Å². The van der Waals surface area contributed by atoms with Crippen molar-refractivity contribution in [3.05, 3.63) is 126 Å². The summed E-state index contributed by atoms with van der Waals surface area (Å²) in [5.74, 6) is 7.06.